The van der Waals surface area contributed by atoms with Gasteiger partial charge < -0.3 is 14.6 Å². The van der Waals surface area contributed by atoms with Crippen LogP contribution in [-0.2, 0) is 20.9 Å². The minimum absolute atomic E-state index is 0.00322. The maximum atomic E-state index is 13.3. The summed E-state index contributed by atoms with van der Waals surface area (Å²) in [5.41, 5.74) is 3.47. The molecule has 0 radical (unpaired) electrons. The molecule has 7 heteroatoms. The summed E-state index contributed by atoms with van der Waals surface area (Å²) in [4.78, 5) is 31.0. The van der Waals surface area contributed by atoms with E-state index in [1.807, 2.05) is 30.3 Å². The van der Waals surface area contributed by atoms with E-state index in [0.717, 1.165) is 17.7 Å². The fourth-order valence-electron chi connectivity index (χ4n) is 4.42. The van der Waals surface area contributed by atoms with Gasteiger partial charge in [-0.2, -0.15) is 0 Å². The minimum Gasteiger partial charge on any atom is -0.503 e. The third-order valence-corrected chi connectivity index (χ3v) is 6.55. The molecule has 166 valence electrons. The number of rotatable bonds is 5. The molecular weight excluding hydrogens is 474 g/mol. The summed E-state index contributed by atoms with van der Waals surface area (Å²) in [6, 6.07) is 12.9. The number of ether oxygens (including phenoxy) is 2. The van der Waals surface area contributed by atoms with Crippen molar-refractivity contribution in [3.8, 4) is 11.5 Å². The fourth-order valence-corrected chi connectivity index (χ4v) is 4.88. The number of hydrogen-bond acceptors (Lipinski definition) is 6. The van der Waals surface area contributed by atoms with E-state index in [4.69, 9.17) is 9.47 Å². The highest BCUT2D eigenvalue weighted by Crippen LogP contribution is 2.47. The number of halogens is 1. The van der Waals surface area contributed by atoms with Crippen molar-refractivity contribution in [1.29, 1.82) is 0 Å². The molecule has 2 aromatic rings. The Morgan fingerprint density at radius 1 is 1.22 bits per heavy atom. The molecular formula is C25H24BrNO5. The van der Waals surface area contributed by atoms with E-state index in [9.17, 15) is 14.7 Å². The maximum Gasteiger partial charge on any atom is 0.315 e. The topological polar surface area (TPSA) is 85.2 Å². The first-order valence-electron chi connectivity index (χ1n) is 10.5. The molecule has 0 amide bonds. The predicted molar refractivity (Wildman–Crippen MR) is 124 cm³/mol. The van der Waals surface area contributed by atoms with Crippen LogP contribution in [0, 0.1) is 5.92 Å². The largest absolute Gasteiger partial charge is 0.503 e. The summed E-state index contributed by atoms with van der Waals surface area (Å²) in [6.07, 6.45) is 1.86. The van der Waals surface area contributed by atoms with Crippen LogP contribution in [0.25, 0.3) is 0 Å². The third-order valence-electron chi connectivity index (χ3n) is 5.94. The van der Waals surface area contributed by atoms with Crippen LogP contribution < -0.4 is 4.74 Å². The summed E-state index contributed by atoms with van der Waals surface area (Å²) in [5.74, 6) is -1.53. The number of Topliss-reactive ketones (excluding diaryl/α,β-unsaturated/α-hetero) is 1. The summed E-state index contributed by atoms with van der Waals surface area (Å²) < 4.78 is 11.4. The zero-order chi connectivity index (χ0) is 22.8. The van der Waals surface area contributed by atoms with Gasteiger partial charge in [0.15, 0.2) is 17.3 Å². The second kappa shape index (κ2) is 9.28. The first-order valence-corrected chi connectivity index (χ1v) is 11.3. The van der Waals surface area contributed by atoms with Gasteiger partial charge in [0.25, 0.3) is 0 Å². The number of methoxy groups -OCH3 is 1. The van der Waals surface area contributed by atoms with Crippen molar-refractivity contribution in [1.82, 2.24) is 0 Å². The van der Waals surface area contributed by atoms with Crippen molar-refractivity contribution >= 4 is 33.4 Å². The number of aliphatic imine (C=N–C) groups is 1. The minimum atomic E-state index is -0.749. The van der Waals surface area contributed by atoms with Gasteiger partial charge in [-0.3, -0.25) is 14.6 Å². The number of nitrogens with zero attached hydrogens (tertiary/aromatic N) is 1. The van der Waals surface area contributed by atoms with Gasteiger partial charge in [0.1, 0.15) is 12.5 Å². The zero-order valence-electron chi connectivity index (χ0n) is 17.9. The number of hydrogen-bond donors (Lipinski definition) is 1. The first-order chi connectivity index (χ1) is 15.4. The molecule has 1 unspecified atom stereocenters. The third kappa shape index (κ3) is 4.21. The SMILES string of the molecule is COc1cc([C@@H]2C3=C(CCCC3=O)N=C(C)C2C(=O)OCc2ccccc2)cc(Br)c1O. The Balaban J connectivity index is 1.76. The normalized spacial score (nSPS) is 20.5. The summed E-state index contributed by atoms with van der Waals surface area (Å²) in [7, 11) is 1.46. The predicted octanol–water partition coefficient (Wildman–Crippen LogP) is 5.09. The van der Waals surface area contributed by atoms with E-state index in [0.29, 0.717) is 34.2 Å². The molecule has 1 heterocycles. The van der Waals surface area contributed by atoms with Gasteiger partial charge in [0.05, 0.1) is 11.6 Å². The second-order valence-electron chi connectivity index (χ2n) is 7.99. The van der Waals surface area contributed by atoms with Crippen molar-refractivity contribution in [2.45, 2.75) is 38.7 Å². The Bertz CT molecular complexity index is 1120. The highest BCUT2D eigenvalue weighted by Gasteiger charge is 2.43. The van der Waals surface area contributed by atoms with E-state index in [2.05, 4.69) is 20.9 Å². The number of esters is 1. The van der Waals surface area contributed by atoms with Crippen LogP contribution in [0.2, 0.25) is 0 Å². The van der Waals surface area contributed by atoms with Crippen molar-refractivity contribution in [2.75, 3.05) is 7.11 Å². The summed E-state index contributed by atoms with van der Waals surface area (Å²) in [6.45, 7) is 1.94. The number of phenolic OH excluding ortho intramolecular Hbond substituents is 1. The average Bonchev–Trinajstić information content (AvgIpc) is 2.79. The van der Waals surface area contributed by atoms with E-state index in [1.54, 1.807) is 19.1 Å². The quantitative estimate of drug-likeness (QED) is 0.581. The molecule has 1 aliphatic carbocycles. The Morgan fingerprint density at radius 2 is 1.97 bits per heavy atom. The van der Waals surface area contributed by atoms with E-state index < -0.39 is 17.8 Å². The molecule has 2 aromatic carbocycles. The molecule has 0 spiro atoms. The molecule has 4 rings (SSSR count). The lowest BCUT2D eigenvalue weighted by molar-refractivity contribution is -0.148. The Hall–Kier alpha value is -2.93. The van der Waals surface area contributed by atoms with Gasteiger partial charge in [-0.15, -0.1) is 0 Å². The number of carbonyl (C=O) groups excluding carboxylic acids is 2. The summed E-state index contributed by atoms with van der Waals surface area (Å²) in [5, 5.41) is 10.3. The number of phenols is 1. The molecule has 0 saturated carbocycles. The first kappa shape index (κ1) is 22.3. The number of carbonyl (C=O) groups is 2. The van der Waals surface area contributed by atoms with E-state index in [1.165, 1.54) is 7.11 Å². The lowest BCUT2D eigenvalue weighted by Gasteiger charge is -2.34. The van der Waals surface area contributed by atoms with Crippen molar-refractivity contribution in [3.05, 3.63) is 69.3 Å². The van der Waals surface area contributed by atoms with Crippen LogP contribution in [0.1, 0.15) is 43.2 Å². The van der Waals surface area contributed by atoms with E-state index >= 15 is 0 Å². The molecule has 0 aromatic heterocycles. The van der Waals surface area contributed by atoms with Crippen molar-refractivity contribution in [2.24, 2.45) is 10.9 Å². The van der Waals surface area contributed by atoms with Crippen LogP contribution in [0.5, 0.6) is 11.5 Å². The monoisotopic (exact) mass is 497 g/mol. The van der Waals surface area contributed by atoms with Crippen LogP contribution in [0.4, 0.5) is 0 Å². The van der Waals surface area contributed by atoms with Gasteiger partial charge in [0, 0.05) is 29.3 Å². The molecule has 6 nitrogen and oxygen atoms in total. The Morgan fingerprint density at radius 3 is 2.69 bits per heavy atom. The number of allylic oxidation sites excluding steroid dienone is 2. The standard InChI is InChI=1S/C25H24BrNO5/c1-14-21(25(30)32-13-15-7-4-3-5-8-15)22(23-18(27-14)9-6-10-19(23)28)16-11-17(26)24(29)20(12-16)31-2/h3-5,7-8,11-12,21-22,29H,6,9-10,13H2,1-2H3/t21?,22-/m0/s1. The molecule has 1 aliphatic heterocycles. The zero-order valence-corrected chi connectivity index (χ0v) is 19.5. The fraction of sp³-hybridized carbons (Fsp3) is 0.320. The number of aromatic hydroxyl groups is 1. The lowest BCUT2D eigenvalue weighted by Crippen LogP contribution is -2.37. The molecule has 1 N–H and O–H groups in total. The molecule has 2 atom stereocenters. The lowest BCUT2D eigenvalue weighted by atomic mass is 9.71. The van der Waals surface area contributed by atoms with Crippen LogP contribution in [0.15, 0.2) is 63.2 Å². The van der Waals surface area contributed by atoms with Gasteiger partial charge in [0.2, 0.25) is 0 Å². The highest BCUT2D eigenvalue weighted by molar-refractivity contribution is 9.10. The van der Waals surface area contributed by atoms with Crippen LogP contribution in [-0.4, -0.2) is 29.7 Å². The van der Waals surface area contributed by atoms with Crippen molar-refractivity contribution in [3.63, 3.8) is 0 Å². The van der Waals surface area contributed by atoms with Gasteiger partial charge in [-0.05, 0) is 59.0 Å². The van der Waals surface area contributed by atoms with Crippen molar-refractivity contribution < 1.29 is 24.2 Å². The van der Waals surface area contributed by atoms with Crippen LogP contribution >= 0.6 is 15.9 Å². The molecule has 0 bridgehead atoms. The smallest absolute Gasteiger partial charge is 0.315 e. The van der Waals surface area contributed by atoms with Gasteiger partial charge in [-0.25, -0.2) is 0 Å². The molecule has 2 aliphatic rings. The number of benzene rings is 2. The Kier molecular flexibility index (Phi) is 6.46. The second-order valence-corrected chi connectivity index (χ2v) is 8.85. The maximum absolute atomic E-state index is 13.3. The average molecular weight is 498 g/mol. The number of ketones is 1. The molecule has 0 fully saturated rings. The molecule has 0 saturated heterocycles. The molecule has 32 heavy (non-hydrogen) atoms. The highest BCUT2D eigenvalue weighted by atomic mass is 79.9. The van der Waals surface area contributed by atoms with E-state index in [-0.39, 0.29) is 23.9 Å². The Labute approximate surface area is 195 Å². The summed E-state index contributed by atoms with van der Waals surface area (Å²) >= 11 is 3.36. The van der Waals surface area contributed by atoms with Crippen LogP contribution in [0.3, 0.4) is 0 Å². The van der Waals surface area contributed by atoms with Gasteiger partial charge >= 0.3 is 5.97 Å². The van der Waals surface area contributed by atoms with Gasteiger partial charge in [-0.1, -0.05) is 30.3 Å².